The third kappa shape index (κ3) is 7.21. The average molecular weight is 556 g/mol. The highest BCUT2D eigenvalue weighted by Gasteiger charge is 2.44. The Labute approximate surface area is 240 Å². The van der Waals surface area contributed by atoms with Gasteiger partial charge in [0.15, 0.2) is 6.27 Å². The van der Waals surface area contributed by atoms with Gasteiger partial charge in [0, 0.05) is 24.5 Å². The summed E-state index contributed by atoms with van der Waals surface area (Å²) in [6, 6.07) is 14.4. The molecule has 2 saturated heterocycles. The number of hydrogen-bond acceptors (Lipinski definition) is 7. The van der Waals surface area contributed by atoms with Gasteiger partial charge in [-0.15, -0.1) is 0 Å². The minimum absolute atomic E-state index is 0.0604. The third-order valence-corrected chi connectivity index (χ3v) is 7.88. The average Bonchev–Trinajstić information content (AvgIpc) is 3.13. The number of benzene rings is 2. The molecule has 2 aromatic rings. The van der Waals surface area contributed by atoms with E-state index in [1.807, 2.05) is 0 Å². The van der Waals surface area contributed by atoms with Gasteiger partial charge in [0.1, 0.15) is 6.08 Å². The fraction of sp³-hybridized carbons (Fsp3) is 0.552. The van der Waals surface area contributed by atoms with Gasteiger partial charge in [0.25, 0.3) is 0 Å². The summed E-state index contributed by atoms with van der Waals surface area (Å²) in [4.78, 5) is 13.4. The second-order valence-corrected chi connectivity index (χ2v) is 11.5. The zero-order valence-corrected chi connectivity index (χ0v) is 22.2. The molecule has 0 saturated carbocycles. The fourth-order valence-corrected chi connectivity index (χ4v) is 5.67. The van der Waals surface area contributed by atoms with Crippen molar-refractivity contribution in [1.29, 1.82) is 0 Å². The molecule has 0 amide bonds. The number of hydrogen-bond donors (Lipinski definition) is 1. The number of carbonyl (C=O) groups is 1. The van der Waals surface area contributed by atoms with Crippen molar-refractivity contribution in [3.8, 4) is 0 Å². The maximum absolute atomic E-state index is 13.7. The van der Waals surface area contributed by atoms with E-state index < -0.39 is 84.6 Å². The lowest BCUT2D eigenvalue weighted by Crippen LogP contribution is -2.43. The number of fused-ring (bicyclic) bond motifs is 1. The van der Waals surface area contributed by atoms with Crippen molar-refractivity contribution in [1.82, 2.24) is 4.31 Å². The summed E-state index contributed by atoms with van der Waals surface area (Å²) >= 11 is 0. The van der Waals surface area contributed by atoms with Crippen molar-refractivity contribution in [3.63, 3.8) is 0 Å². The molecule has 0 radical (unpaired) electrons. The molecule has 38 heavy (non-hydrogen) atoms. The molecule has 4 rings (SSSR count). The highest BCUT2D eigenvalue weighted by molar-refractivity contribution is 7.89. The van der Waals surface area contributed by atoms with Gasteiger partial charge >= 0.3 is 5.97 Å². The molecule has 2 aliphatic heterocycles. The van der Waals surface area contributed by atoms with Gasteiger partial charge in [-0.05, 0) is 43.3 Å². The van der Waals surface area contributed by atoms with Gasteiger partial charge < -0.3 is 19.3 Å². The first-order valence-corrected chi connectivity index (χ1v) is 13.6. The lowest BCUT2D eigenvalue weighted by Gasteiger charge is -2.30. The monoisotopic (exact) mass is 555 g/mol. The van der Waals surface area contributed by atoms with Gasteiger partial charge in [0.2, 0.25) is 10.0 Å². The summed E-state index contributed by atoms with van der Waals surface area (Å²) in [5, 5.41) is 11.5. The number of aliphatic hydroxyl groups excluding tert-OH is 1. The van der Waals surface area contributed by atoms with Crippen LogP contribution in [0, 0.1) is 24.6 Å². The number of aliphatic hydroxyl groups is 1. The standard InChI is InChI=1S/C29H39NO7S/c1-20(2)17-30(38(33,34)24-11-9-21(3)10-12-24)18-26(31)23(15-22-7-5-4-6-8-22)16-28(32)37-27-19-36-29-25(27)13-14-35-29/h4-12,20,23,25-27,29,31H,13-19H2,1-3H3/t23-,25+,26-,27+,29-/m1/s1/i13D2,14D2,19D2,20D,25D,27D,29D. The maximum Gasteiger partial charge on any atom is 0.306 e. The second-order valence-electron chi connectivity index (χ2n) is 9.54. The van der Waals surface area contributed by atoms with E-state index >= 15 is 0 Å². The molecule has 9 heteroatoms. The number of carbonyl (C=O) groups excluding carboxylic acids is 1. The first kappa shape index (κ1) is 18.1. The highest BCUT2D eigenvalue weighted by Crippen LogP contribution is 2.33. The molecule has 208 valence electrons. The van der Waals surface area contributed by atoms with Crippen molar-refractivity contribution in [3.05, 3.63) is 65.7 Å². The van der Waals surface area contributed by atoms with Gasteiger partial charge in [0.05, 0.1) is 44.7 Å². The summed E-state index contributed by atoms with van der Waals surface area (Å²) in [6.07, 6.45) is -13.2. The largest absolute Gasteiger partial charge is 0.459 e. The second kappa shape index (κ2) is 12.7. The molecule has 1 N–H and O–H groups in total. The Balaban J connectivity index is 1.68. The molecule has 2 heterocycles. The first-order chi connectivity index (χ1) is 21.7. The number of ether oxygens (including phenoxy) is 3. The number of rotatable bonds is 12. The summed E-state index contributed by atoms with van der Waals surface area (Å²) in [5.41, 5.74) is 1.40. The Hall–Kier alpha value is -2.30. The Kier molecular flexibility index (Phi) is 6.06. The van der Waals surface area contributed by atoms with Crippen LogP contribution in [0.25, 0.3) is 0 Å². The Morgan fingerprint density at radius 2 is 1.89 bits per heavy atom. The normalized spacial score (nSPS) is 36.9. The van der Waals surface area contributed by atoms with Gasteiger partial charge in [-0.1, -0.05) is 61.9 Å². The van der Waals surface area contributed by atoms with Crippen LogP contribution in [0.4, 0.5) is 0 Å². The first-order valence-electron chi connectivity index (χ1n) is 17.1. The topological polar surface area (TPSA) is 102 Å². The number of esters is 1. The zero-order chi connectivity index (χ0) is 36.4. The lowest BCUT2D eigenvalue weighted by atomic mass is 9.90. The van der Waals surface area contributed by atoms with E-state index in [0.29, 0.717) is 5.56 Å². The van der Waals surface area contributed by atoms with E-state index in [9.17, 15) is 18.3 Å². The Morgan fingerprint density at radius 3 is 2.58 bits per heavy atom. The molecule has 5 atom stereocenters. The molecule has 2 fully saturated rings. The molecular weight excluding hydrogens is 506 g/mol. The summed E-state index contributed by atoms with van der Waals surface area (Å²) < 4.78 is 126. The summed E-state index contributed by atoms with van der Waals surface area (Å²) in [6.45, 7) is -3.15. The van der Waals surface area contributed by atoms with Gasteiger partial charge in [-0.3, -0.25) is 4.79 Å². The lowest BCUT2D eigenvalue weighted by molar-refractivity contribution is -0.153. The van der Waals surface area contributed by atoms with Crippen molar-refractivity contribution in [2.24, 2.45) is 17.7 Å². The quantitative estimate of drug-likeness (QED) is 0.400. The Morgan fingerprint density at radius 1 is 1.18 bits per heavy atom. The molecule has 0 bridgehead atoms. The van der Waals surface area contributed by atoms with Crippen molar-refractivity contribution in [2.75, 3.05) is 26.2 Å². The van der Waals surface area contributed by atoms with E-state index in [2.05, 4.69) is 0 Å². The molecule has 2 aliphatic rings. The number of sulfonamides is 1. The van der Waals surface area contributed by atoms with Crippen LogP contribution in [-0.2, 0) is 35.4 Å². The van der Waals surface area contributed by atoms with E-state index in [1.165, 1.54) is 26.0 Å². The molecular formula is C29H39NO7S. The van der Waals surface area contributed by atoms with Gasteiger partial charge in [-0.2, -0.15) is 4.31 Å². The van der Waals surface area contributed by atoms with Crippen LogP contribution in [0.2, 0.25) is 0 Å². The predicted molar refractivity (Wildman–Crippen MR) is 143 cm³/mol. The minimum Gasteiger partial charge on any atom is -0.459 e. The number of aryl methyl sites for hydroxylation is 1. The van der Waals surface area contributed by atoms with E-state index in [1.54, 1.807) is 49.4 Å². The van der Waals surface area contributed by atoms with Crippen LogP contribution in [-0.4, -0.2) is 68.5 Å². The molecule has 0 spiro atoms. The SMILES string of the molecule is [2H]C(C)(C)CN(C[C@@H](O)[C@@H](CC(=O)O[C@@]1([2H])C([2H])([2H])O[C@@]2([2H])OC([2H])([2H])C([2H])([2H])[C@]21[2H])Cc1ccccc1)S(=O)(=O)c1ccc(C)cc1. The zero-order valence-electron chi connectivity index (χ0n) is 31.4. The summed E-state index contributed by atoms with van der Waals surface area (Å²) in [5.74, 6) is -7.53. The van der Waals surface area contributed by atoms with Gasteiger partial charge in [-0.25, -0.2) is 8.42 Å². The smallest absolute Gasteiger partial charge is 0.306 e. The summed E-state index contributed by atoms with van der Waals surface area (Å²) in [7, 11) is -4.27. The predicted octanol–water partition coefficient (Wildman–Crippen LogP) is 3.56. The van der Waals surface area contributed by atoms with E-state index in [-0.39, 0.29) is 17.9 Å². The molecule has 2 aromatic carbocycles. The molecule has 0 aliphatic carbocycles. The van der Waals surface area contributed by atoms with Crippen LogP contribution in [0.15, 0.2) is 59.5 Å². The van der Waals surface area contributed by atoms with Crippen molar-refractivity contribution in [2.45, 2.75) is 63.3 Å². The fourth-order valence-electron chi connectivity index (χ4n) is 4.11. The van der Waals surface area contributed by atoms with Crippen LogP contribution in [0.1, 0.15) is 51.5 Å². The van der Waals surface area contributed by atoms with Crippen LogP contribution in [0.3, 0.4) is 0 Å². The van der Waals surface area contributed by atoms with E-state index in [0.717, 1.165) is 9.87 Å². The maximum atomic E-state index is 13.7. The number of nitrogens with zero attached hydrogens (tertiary/aromatic N) is 1. The van der Waals surface area contributed by atoms with Crippen LogP contribution >= 0.6 is 0 Å². The van der Waals surface area contributed by atoms with Crippen LogP contribution in [0.5, 0.6) is 0 Å². The van der Waals surface area contributed by atoms with Crippen molar-refractivity contribution < 1.29 is 46.2 Å². The van der Waals surface area contributed by atoms with Crippen LogP contribution < -0.4 is 0 Å². The van der Waals surface area contributed by atoms with E-state index in [4.69, 9.17) is 27.9 Å². The highest BCUT2D eigenvalue weighted by atomic mass is 32.2. The molecule has 0 unspecified atom stereocenters. The van der Waals surface area contributed by atoms with Crippen molar-refractivity contribution >= 4 is 16.0 Å². The Bertz CT molecular complexity index is 1610. The molecule has 0 aromatic heterocycles. The minimum atomic E-state index is -4.27. The molecule has 8 nitrogen and oxygen atoms in total. The third-order valence-electron chi connectivity index (χ3n) is 6.06.